The number of nitrogens with two attached hydrogens (primary N) is 1. The van der Waals surface area contributed by atoms with E-state index >= 15 is 0 Å². The fourth-order valence-corrected chi connectivity index (χ4v) is 3.22. The van der Waals surface area contributed by atoms with Crippen LogP contribution in [0.1, 0.15) is 24.1 Å². The molecule has 0 aliphatic carbocycles. The molecule has 0 bridgehead atoms. The summed E-state index contributed by atoms with van der Waals surface area (Å²) in [6, 6.07) is 3.53. The van der Waals surface area contributed by atoms with Crippen LogP contribution in [0.4, 0.5) is 19.0 Å². The average molecular weight is 334 g/mol. The number of alkyl halides is 3. The highest BCUT2D eigenvalue weighted by Gasteiger charge is 2.35. The lowest BCUT2D eigenvalue weighted by atomic mass is 10.1. The summed E-state index contributed by atoms with van der Waals surface area (Å²) >= 11 is 0. The summed E-state index contributed by atoms with van der Waals surface area (Å²) < 4.78 is 61.1. The highest BCUT2D eigenvalue weighted by molar-refractivity contribution is 7.89. The van der Waals surface area contributed by atoms with Gasteiger partial charge in [0.2, 0.25) is 10.0 Å². The van der Waals surface area contributed by atoms with E-state index in [1.54, 1.807) is 6.07 Å². The minimum absolute atomic E-state index is 0.0388. The molecule has 22 heavy (non-hydrogen) atoms. The molecule has 1 aromatic heterocycles. The van der Waals surface area contributed by atoms with Gasteiger partial charge in [-0.3, -0.25) is 0 Å². The first-order valence-corrected chi connectivity index (χ1v) is 7.99. The Morgan fingerprint density at radius 2 is 2.09 bits per heavy atom. The van der Waals surface area contributed by atoms with Gasteiger partial charge in [0, 0.05) is 13.1 Å². The number of anilines is 1. The van der Waals surface area contributed by atoms with Crippen LogP contribution in [0.2, 0.25) is 0 Å². The molecule has 0 radical (unpaired) electrons. The van der Waals surface area contributed by atoms with Gasteiger partial charge in [0.25, 0.3) is 0 Å². The van der Waals surface area contributed by atoms with Crippen molar-refractivity contribution in [1.29, 1.82) is 5.26 Å². The molecular formula is C12H13F3N4O2S. The third-order valence-corrected chi connectivity index (χ3v) is 4.74. The molecule has 1 aliphatic rings. The number of halogens is 3. The number of hydrogen-bond donors (Lipinski definition) is 1. The van der Waals surface area contributed by atoms with Gasteiger partial charge < -0.3 is 4.90 Å². The van der Waals surface area contributed by atoms with Crippen molar-refractivity contribution in [2.75, 3.05) is 18.0 Å². The number of nitriles is 1. The predicted octanol–water partition coefficient (Wildman–Crippen LogP) is 1.23. The zero-order valence-electron chi connectivity index (χ0n) is 11.3. The van der Waals surface area contributed by atoms with E-state index in [0.717, 1.165) is 12.1 Å². The number of primary sulfonamides is 1. The monoisotopic (exact) mass is 334 g/mol. The molecule has 2 N–H and O–H groups in total. The van der Waals surface area contributed by atoms with Crippen molar-refractivity contribution < 1.29 is 21.6 Å². The van der Waals surface area contributed by atoms with Gasteiger partial charge >= 0.3 is 6.18 Å². The molecule has 0 spiro atoms. The Hall–Kier alpha value is -1.86. The van der Waals surface area contributed by atoms with Crippen LogP contribution in [0.15, 0.2) is 12.1 Å². The minimum atomic E-state index is -4.64. The zero-order valence-corrected chi connectivity index (χ0v) is 12.2. The summed E-state index contributed by atoms with van der Waals surface area (Å²) in [4.78, 5) is 4.87. The molecule has 120 valence electrons. The van der Waals surface area contributed by atoms with Gasteiger partial charge in [0.15, 0.2) is 0 Å². The quantitative estimate of drug-likeness (QED) is 0.877. The number of rotatable bonds is 2. The lowest BCUT2D eigenvalue weighted by molar-refractivity contribution is -0.141. The van der Waals surface area contributed by atoms with Gasteiger partial charge in [0.1, 0.15) is 17.6 Å². The lowest BCUT2D eigenvalue weighted by Crippen LogP contribution is -2.45. The van der Waals surface area contributed by atoms with Crippen LogP contribution < -0.4 is 10.0 Å². The Morgan fingerprint density at radius 1 is 1.41 bits per heavy atom. The number of pyridine rings is 1. The predicted molar refractivity (Wildman–Crippen MR) is 72.3 cm³/mol. The van der Waals surface area contributed by atoms with Gasteiger partial charge in [-0.15, -0.1) is 0 Å². The highest BCUT2D eigenvalue weighted by Crippen LogP contribution is 2.31. The van der Waals surface area contributed by atoms with Crippen molar-refractivity contribution in [2.24, 2.45) is 5.14 Å². The van der Waals surface area contributed by atoms with Crippen LogP contribution in [-0.2, 0) is 16.2 Å². The van der Waals surface area contributed by atoms with Gasteiger partial charge in [-0.2, -0.15) is 18.4 Å². The lowest BCUT2D eigenvalue weighted by Gasteiger charge is -2.33. The summed E-state index contributed by atoms with van der Waals surface area (Å²) in [5.74, 6) is -0.161. The van der Waals surface area contributed by atoms with Crippen molar-refractivity contribution >= 4 is 15.8 Å². The largest absolute Gasteiger partial charge is 0.433 e. The average Bonchev–Trinajstić information content (AvgIpc) is 2.45. The minimum Gasteiger partial charge on any atom is -0.354 e. The maximum atomic E-state index is 12.8. The SMILES string of the molecule is N#Cc1ccc(C(F)(F)F)nc1N1CCC[C@@H](S(N)(=O)=O)C1. The normalized spacial score (nSPS) is 19.8. The second-order valence-corrected chi connectivity index (χ2v) is 6.82. The van der Waals surface area contributed by atoms with Crippen LogP contribution in [0.25, 0.3) is 0 Å². The Labute approximate surface area is 125 Å². The van der Waals surface area contributed by atoms with Gasteiger partial charge in [-0.05, 0) is 25.0 Å². The number of hydrogen-bond acceptors (Lipinski definition) is 5. The molecule has 6 nitrogen and oxygen atoms in total. The van der Waals surface area contributed by atoms with Crippen LogP contribution in [0, 0.1) is 11.3 Å². The molecule has 2 rings (SSSR count). The fourth-order valence-electron chi connectivity index (χ4n) is 2.33. The summed E-state index contributed by atoms with van der Waals surface area (Å²) in [6.45, 7) is 0.233. The van der Waals surface area contributed by atoms with Gasteiger partial charge in [0.05, 0.1) is 10.8 Å². The molecule has 1 aliphatic heterocycles. The molecule has 1 fully saturated rings. The van der Waals surface area contributed by atoms with E-state index in [1.807, 2.05) is 0 Å². The molecule has 0 aromatic carbocycles. The smallest absolute Gasteiger partial charge is 0.354 e. The first kappa shape index (κ1) is 16.5. The van der Waals surface area contributed by atoms with Crippen LogP contribution in [-0.4, -0.2) is 31.7 Å². The zero-order chi connectivity index (χ0) is 16.5. The van der Waals surface area contributed by atoms with Crippen molar-refractivity contribution in [3.63, 3.8) is 0 Å². The second kappa shape index (κ2) is 5.73. The number of piperidine rings is 1. The molecule has 0 amide bonds. The van der Waals surface area contributed by atoms with Crippen LogP contribution in [0.3, 0.4) is 0 Å². The molecule has 10 heteroatoms. The first-order chi connectivity index (χ1) is 10.1. The summed E-state index contributed by atoms with van der Waals surface area (Å²) in [5, 5.41) is 13.2. The van der Waals surface area contributed by atoms with Crippen LogP contribution >= 0.6 is 0 Å². The molecule has 2 heterocycles. The van der Waals surface area contributed by atoms with Gasteiger partial charge in [-0.1, -0.05) is 0 Å². The van der Waals surface area contributed by atoms with Gasteiger partial charge in [-0.25, -0.2) is 18.5 Å². The molecule has 1 aromatic rings. The Bertz CT molecular complexity index is 712. The van der Waals surface area contributed by atoms with Crippen molar-refractivity contribution in [1.82, 2.24) is 4.98 Å². The van der Waals surface area contributed by atoms with Crippen LogP contribution in [0.5, 0.6) is 0 Å². The van der Waals surface area contributed by atoms with E-state index in [1.165, 1.54) is 4.90 Å². The summed E-state index contributed by atoms with van der Waals surface area (Å²) in [7, 11) is -3.80. The Morgan fingerprint density at radius 3 is 2.64 bits per heavy atom. The van der Waals surface area contributed by atoms with Crippen molar-refractivity contribution in [2.45, 2.75) is 24.3 Å². The highest BCUT2D eigenvalue weighted by atomic mass is 32.2. The fraction of sp³-hybridized carbons (Fsp3) is 0.500. The van der Waals surface area contributed by atoms with Crippen molar-refractivity contribution in [3.05, 3.63) is 23.4 Å². The van der Waals surface area contributed by atoms with E-state index in [4.69, 9.17) is 10.4 Å². The van der Waals surface area contributed by atoms with E-state index in [0.29, 0.717) is 19.4 Å². The maximum absolute atomic E-state index is 12.8. The number of nitrogens with zero attached hydrogens (tertiary/aromatic N) is 3. The third-order valence-electron chi connectivity index (χ3n) is 3.43. The molecule has 0 saturated carbocycles. The first-order valence-electron chi connectivity index (χ1n) is 6.38. The van der Waals surface area contributed by atoms with E-state index < -0.39 is 27.1 Å². The topological polar surface area (TPSA) is 100 Å². The Balaban J connectivity index is 2.40. The molecular weight excluding hydrogens is 321 g/mol. The number of aromatic nitrogens is 1. The standard InChI is InChI=1S/C12H13F3N4O2S/c13-12(14,15)10-4-3-8(6-16)11(18-10)19-5-1-2-9(7-19)22(17,20)21/h3-4,9H,1-2,5,7H2,(H2,17,20,21)/t9-/m1/s1. The molecule has 1 atom stereocenters. The van der Waals surface area contributed by atoms with E-state index in [2.05, 4.69) is 4.98 Å². The third kappa shape index (κ3) is 3.48. The summed E-state index contributed by atoms with van der Waals surface area (Å²) in [6.07, 6.45) is -3.88. The van der Waals surface area contributed by atoms with E-state index in [9.17, 15) is 21.6 Å². The Kier molecular flexibility index (Phi) is 4.30. The number of sulfonamides is 1. The van der Waals surface area contributed by atoms with E-state index in [-0.39, 0.29) is 17.9 Å². The maximum Gasteiger partial charge on any atom is 0.433 e. The summed E-state index contributed by atoms with van der Waals surface area (Å²) in [5.41, 5.74) is -1.16. The molecule has 1 saturated heterocycles. The molecule has 0 unspecified atom stereocenters. The van der Waals surface area contributed by atoms with Crippen molar-refractivity contribution in [3.8, 4) is 6.07 Å². The second-order valence-electron chi connectivity index (χ2n) is 4.98.